The molecule has 1 saturated heterocycles. The van der Waals surface area contributed by atoms with Gasteiger partial charge in [0.05, 0.1) is 0 Å². The third kappa shape index (κ3) is 8.32. The van der Waals surface area contributed by atoms with Crippen LogP contribution in [0.3, 0.4) is 0 Å². The topological polar surface area (TPSA) is 117 Å². The van der Waals surface area contributed by atoms with E-state index < -0.39 is 5.54 Å². The molecule has 3 rings (SSSR count). The molecule has 2 aromatic rings. The molecule has 37 heavy (non-hydrogen) atoms. The highest BCUT2D eigenvalue weighted by molar-refractivity contribution is 5.92. The summed E-state index contributed by atoms with van der Waals surface area (Å²) in [6.45, 7) is 8.83. The molecule has 0 saturated carbocycles. The van der Waals surface area contributed by atoms with Crippen molar-refractivity contribution in [2.24, 2.45) is 0 Å². The second kappa shape index (κ2) is 13.2. The van der Waals surface area contributed by atoms with Crippen molar-refractivity contribution in [2.45, 2.75) is 70.4 Å². The Morgan fingerprint density at radius 2 is 1.76 bits per heavy atom. The third-order valence-electron chi connectivity index (χ3n) is 6.88. The van der Waals surface area contributed by atoms with Gasteiger partial charge in [0.15, 0.2) is 0 Å². The van der Waals surface area contributed by atoms with Gasteiger partial charge in [-0.05, 0) is 61.1 Å². The maximum absolute atomic E-state index is 13.5. The number of carbonyl (C=O) groups is 3. The molecule has 1 fully saturated rings. The Labute approximate surface area is 218 Å². The number of aromatic hydroxyl groups is 1. The highest BCUT2D eigenvalue weighted by Gasteiger charge is 2.42. The van der Waals surface area contributed by atoms with Crippen molar-refractivity contribution in [2.75, 3.05) is 19.8 Å². The van der Waals surface area contributed by atoms with Gasteiger partial charge >= 0.3 is 0 Å². The average Bonchev–Trinajstić information content (AvgIpc) is 2.86. The van der Waals surface area contributed by atoms with Gasteiger partial charge in [-0.1, -0.05) is 36.4 Å². The van der Waals surface area contributed by atoms with Crippen LogP contribution in [0.15, 0.2) is 48.6 Å². The van der Waals surface area contributed by atoms with Crippen LogP contribution >= 0.6 is 0 Å². The fraction of sp³-hybridized carbons (Fsp3) is 0.483. The summed E-state index contributed by atoms with van der Waals surface area (Å²) in [4.78, 5) is 37.5. The normalized spacial score (nSPS) is 15.5. The summed E-state index contributed by atoms with van der Waals surface area (Å²) in [5.74, 6) is -0.212. The Morgan fingerprint density at radius 3 is 2.46 bits per heavy atom. The van der Waals surface area contributed by atoms with E-state index in [-0.39, 0.29) is 35.9 Å². The number of aryl methyl sites for hydroxylation is 1. The second-order valence-corrected chi connectivity index (χ2v) is 9.96. The van der Waals surface area contributed by atoms with Crippen LogP contribution in [-0.2, 0) is 25.5 Å². The van der Waals surface area contributed by atoms with E-state index in [1.54, 1.807) is 12.1 Å². The van der Waals surface area contributed by atoms with Gasteiger partial charge in [0.25, 0.3) is 0 Å². The first-order valence-corrected chi connectivity index (χ1v) is 13.0. The molecule has 0 aromatic heterocycles. The van der Waals surface area contributed by atoms with Crippen LogP contribution in [0.25, 0.3) is 10.8 Å². The van der Waals surface area contributed by atoms with Crippen molar-refractivity contribution < 1.29 is 24.2 Å². The van der Waals surface area contributed by atoms with Gasteiger partial charge in [0.2, 0.25) is 17.7 Å². The summed E-state index contributed by atoms with van der Waals surface area (Å²) in [6, 6.07) is 10.9. The number of phenolic OH excluding ortho intramolecular Hbond substituents is 1. The molecule has 1 aliphatic heterocycles. The molecular formula is C29H39N3O5. The maximum Gasteiger partial charge on any atom is 0.246 e. The number of nitrogens with one attached hydrogen (secondary N) is 3. The van der Waals surface area contributed by atoms with Crippen molar-refractivity contribution in [3.63, 3.8) is 0 Å². The molecule has 8 heteroatoms. The lowest BCUT2D eigenvalue weighted by Crippen LogP contribution is -2.62. The SMILES string of the molecule is C=C(C)[C@H](CCCCNC(C)=O)NC(=O)C1(NC(=O)CCc2ccc3cc(O)ccc3c2)CCOCC1. The van der Waals surface area contributed by atoms with Crippen molar-refractivity contribution >= 4 is 28.5 Å². The average molecular weight is 510 g/mol. The van der Waals surface area contributed by atoms with Crippen molar-refractivity contribution in [1.82, 2.24) is 16.0 Å². The molecular weight excluding hydrogens is 470 g/mol. The van der Waals surface area contributed by atoms with Gasteiger partial charge < -0.3 is 25.8 Å². The predicted molar refractivity (Wildman–Crippen MR) is 144 cm³/mol. The van der Waals surface area contributed by atoms with Crippen molar-refractivity contribution in [1.29, 1.82) is 0 Å². The van der Waals surface area contributed by atoms with Crippen LogP contribution in [0.5, 0.6) is 5.75 Å². The summed E-state index contributed by atoms with van der Waals surface area (Å²) >= 11 is 0. The molecule has 0 spiro atoms. The van der Waals surface area contributed by atoms with E-state index in [2.05, 4.69) is 22.5 Å². The number of amides is 3. The van der Waals surface area contributed by atoms with E-state index in [1.165, 1.54) is 6.92 Å². The number of hydrogen-bond acceptors (Lipinski definition) is 5. The number of rotatable bonds is 12. The Balaban J connectivity index is 1.59. The zero-order chi connectivity index (χ0) is 26.8. The summed E-state index contributed by atoms with van der Waals surface area (Å²) in [5.41, 5.74) is 0.853. The van der Waals surface area contributed by atoms with E-state index in [4.69, 9.17) is 4.74 Å². The first kappa shape index (κ1) is 28.2. The molecule has 8 nitrogen and oxygen atoms in total. The minimum atomic E-state index is -1.01. The molecule has 0 bridgehead atoms. The first-order valence-electron chi connectivity index (χ1n) is 13.0. The van der Waals surface area contributed by atoms with Crippen molar-refractivity contribution in [3.05, 3.63) is 54.1 Å². The quantitative estimate of drug-likeness (QED) is 0.258. The van der Waals surface area contributed by atoms with Crippen LogP contribution in [0.4, 0.5) is 0 Å². The highest BCUT2D eigenvalue weighted by Crippen LogP contribution is 2.24. The summed E-state index contributed by atoms with van der Waals surface area (Å²) in [5, 5.41) is 20.5. The van der Waals surface area contributed by atoms with E-state index in [0.717, 1.165) is 34.8 Å². The van der Waals surface area contributed by atoms with Gasteiger partial charge in [0, 0.05) is 52.0 Å². The lowest BCUT2D eigenvalue weighted by Gasteiger charge is -2.38. The molecule has 4 N–H and O–H groups in total. The van der Waals surface area contributed by atoms with E-state index >= 15 is 0 Å². The summed E-state index contributed by atoms with van der Waals surface area (Å²) < 4.78 is 5.50. The Kier molecular flexibility index (Phi) is 10.1. The standard InChI is InChI=1S/C29H39N3O5/c1-20(2)26(6-4-5-15-30-21(3)33)31-28(36)29(13-16-37-17-14-29)32-27(35)12-8-22-7-9-24-19-25(34)11-10-23(24)18-22/h7,9-11,18-19,26,34H,1,4-6,8,12-17H2,2-3H3,(H,30,33)(H,31,36)(H,32,35)/t26-/m0/s1. The Morgan fingerprint density at radius 1 is 1.05 bits per heavy atom. The van der Waals surface area contributed by atoms with Gasteiger partial charge in [-0.2, -0.15) is 0 Å². The largest absolute Gasteiger partial charge is 0.508 e. The summed E-state index contributed by atoms with van der Waals surface area (Å²) in [6.07, 6.45) is 3.97. The molecule has 200 valence electrons. The molecule has 2 aromatic carbocycles. The van der Waals surface area contributed by atoms with Crippen LogP contribution in [-0.4, -0.2) is 54.2 Å². The van der Waals surface area contributed by atoms with Crippen LogP contribution < -0.4 is 16.0 Å². The smallest absolute Gasteiger partial charge is 0.246 e. The molecule has 1 aliphatic rings. The minimum Gasteiger partial charge on any atom is -0.508 e. The predicted octanol–water partition coefficient (Wildman–Crippen LogP) is 3.51. The van der Waals surface area contributed by atoms with Gasteiger partial charge in [-0.25, -0.2) is 0 Å². The Hall–Kier alpha value is -3.39. The zero-order valence-corrected chi connectivity index (χ0v) is 21.9. The summed E-state index contributed by atoms with van der Waals surface area (Å²) in [7, 11) is 0. The number of unbranched alkanes of at least 4 members (excludes halogenated alkanes) is 1. The lowest BCUT2D eigenvalue weighted by atomic mass is 9.87. The molecule has 1 heterocycles. The Bertz CT molecular complexity index is 1120. The molecule has 0 radical (unpaired) electrons. The first-order chi connectivity index (χ1) is 17.7. The van der Waals surface area contributed by atoms with E-state index in [1.807, 2.05) is 31.2 Å². The van der Waals surface area contributed by atoms with E-state index in [9.17, 15) is 19.5 Å². The van der Waals surface area contributed by atoms with Gasteiger partial charge in [-0.3, -0.25) is 14.4 Å². The molecule has 1 atom stereocenters. The molecule has 3 amide bonds. The second-order valence-electron chi connectivity index (χ2n) is 9.96. The van der Waals surface area contributed by atoms with Crippen LogP contribution in [0.2, 0.25) is 0 Å². The maximum atomic E-state index is 13.5. The van der Waals surface area contributed by atoms with E-state index in [0.29, 0.717) is 45.4 Å². The zero-order valence-electron chi connectivity index (χ0n) is 21.9. The monoisotopic (exact) mass is 509 g/mol. The van der Waals surface area contributed by atoms with Crippen LogP contribution in [0.1, 0.15) is 57.9 Å². The number of phenols is 1. The number of fused-ring (bicyclic) bond motifs is 1. The highest BCUT2D eigenvalue weighted by atomic mass is 16.5. The van der Waals surface area contributed by atoms with Gasteiger partial charge in [-0.15, -0.1) is 0 Å². The fourth-order valence-corrected chi connectivity index (χ4v) is 4.63. The number of hydrogen-bond donors (Lipinski definition) is 4. The number of benzene rings is 2. The third-order valence-corrected chi connectivity index (χ3v) is 6.88. The minimum absolute atomic E-state index is 0.0529. The van der Waals surface area contributed by atoms with Crippen molar-refractivity contribution in [3.8, 4) is 5.75 Å². The lowest BCUT2D eigenvalue weighted by molar-refractivity contribution is -0.138. The molecule has 0 aliphatic carbocycles. The fourth-order valence-electron chi connectivity index (χ4n) is 4.63. The van der Waals surface area contributed by atoms with Gasteiger partial charge in [0.1, 0.15) is 11.3 Å². The number of carbonyl (C=O) groups excluding carboxylic acids is 3. The number of ether oxygens (including phenoxy) is 1. The van der Waals surface area contributed by atoms with Crippen LogP contribution in [0, 0.1) is 0 Å². The molecule has 0 unspecified atom stereocenters.